The molecule has 3 rings (SSSR count). The minimum Gasteiger partial charge on any atom is -0.363 e. The van der Waals surface area contributed by atoms with E-state index in [1.807, 2.05) is 55.4 Å². The van der Waals surface area contributed by atoms with Crippen LogP contribution >= 0.6 is 15.9 Å². The zero-order chi connectivity index (χ0) is 18.0. The van der Waals surface area contributed by atoms with Crippen molar-refractivity contribution in [2.24, 2.45) is 5.92 Å². The molecule has 7 heteroatoms. The Bertz CT molecular complexity index is 775. The topological polar surface area (TPSA) is 65.5 Å². The number of aromatic nitrogens is 1. The van der Waals surface area contributed by atoms with Gasteiger partial charge in [-0.3, -0.25) is 9.59 Å². The Morgan fingerprint density at radius 2 is 1.96 bits per heavy atom. The number of hydrogen-bond acceptors (Lipinski definition) is 4. The van der Waals surface area contributed by atoms with Gasteiger partial charge in [0.25, 0.3) is 0 Å². The monoisotopic (exact) mass is 402 g/mol. The number of amides is 2. The second-order valence-electron chi connectivity index (χ2n) is 6.17. The van der Waals surface area contributed by atoms with E-state index in [4.69, 9.17) is 0 Å². The molecule has 1 atom stereocenters. The third kappa shape index (κ3) is 3.99. The Labute approximate surface area is 155 Å². The number of carbonyl (C=O) groups excluding carboxylic acids is 2. The third-order valence-corrected chi connectivity index (χ3v) is 4.64. The largest absolute Gasteiger partial charge is 0.363 e. The second-order valence-corrected chi connectivity index (χ2v) is 7.09. The highest BCUT2D eigenvalue weighted by atomic mass is 79.9. The van der Waals surface area contributed by atoms with Crippen LogP contribution in [0, 0.1) is 5.92 Å². The van der Waals surface area contributed by atoms with Crippen LogP contribution in [0.4, 0.5) is 17.2 Å². The molecule has 1 aliphatic rings. The fourth-order valence-electron chi connectivity index (χ4n) is 2.72. The van der Waals surface area contributed by atoms with Crippen LogP contribution in [-0.2, 0) is 9.59 Å². The number of benzene rings is 1. The molecule has 0 aliphatic carbocycles. The van der Waals surface area contributed by atoms with Gasteiger partial charge in [-0.15, -0.1) is 0 Å². The van der Waals surface area contributed by atoms with E-state index in [0.717, 1.165) is 16.0 Å². The number of pyridine rings is 1. The van der Waals surface area contributed by atoms with Gasteiger partial charge in [-0.25, -0.2) is 4.98 Å². The van der Waals surface area contributed by atoms with Crippen LogP contribution in [0.2, 0.25) is 0 Å². The van der Waals surface area contributed by atoms with Gasteiger partial charge in [0.15, 0.2) is 0 Å². The molecule has 1 aromatic heterocycles. The molecule has 2 heterocycles. The number of carbonyl (C=O) groups is 2. The summed E-state index contributed by atoms with van der Waals surface area (Å²) in [6.07, 6.45) is 1.83. The Morgan fingerprint density at radius 3 is 2.56 bits per heavy atom. The summed E-state index contributed by atoms with van der Waals surface area (Å²) in [4.78, 5) is 32.6. The fourth-order valence-corrected chi connectivity index (χ4v) is 2.99. The van der Waals surface area contributed by atoms with E-state index in [-0.39, 0.29) is 24.2 Å². The van der Waals surface area contributed by atoms with Crippen molar-refractivity contribution < 1.29 is 9.59 Å². The molecule has 6 nitrogen and oxygen atoms in total. The van der Waals surface area contributed by atoms with Crippen molar-refractivity contribution in [3.8, 4) is 0 Å². The van der Waals surface area contributed by atoms with Crippen LogP contribution in [0.5, 0.6) is 0 Å². The third-order valence-electron chi connectivity index (χ3n) is 4.11. The number of rotatable bonds is 4. The quantitative estimate of drug-likeness (QED) is 0.853. The first-order chi connectivity index (χ1) is 11.9. The molecule has 1 N–H and O–H groups in total. The lowest BCUT2D eigenvalue weighted by atomic mass is 10.1. The SMILES string of the molecule is CN(C)c1ccc(NC(=O)C2CC(=O)N(c3ccc(Br)cc3)C2)cn1. The van der Waals surface area contributed by atoms with Gasteiger partial charge in [-0.2, -0.15) is 0 Å². The number of nitrogens with zero attached hydrogens (tertiary/aromatic N) is 3. The van der Waals surface area contributed by atoms with Crippen molar-refractivity contribution in [3.05, 3.63) is 47.1 Å². The summed E-state index contributed by atoms with van der Waals surface area (Å²) in [7, 11) is 3.81. The van der Waals surface area contributed by atoms with Gasteiger partial charge in [0.05, 0.1) is 17.8 Å². The van der Waals surface area contributed by atoms with Crippen LogP contribution in [0.3, 0.4) is 0 Å². The van der Waals surface area contributed by atoms with Crippen LogP contribution in [-0.4, -0.2) is 37.4 Å². The molecule has 1 aliphatic heterocycles. The maximum atomic E-state index is 12.5. The summed E-state index contributed by atoms with van der Waals surface area (Å²) in [6.45, 7) is 0.384. The lowest BCUT2D eigenvalue weighted by molar-refractivity contribution is -0.122. The Morgan fingerprint density at radius 1 is 1.24 bits per heavy atom. The molecule has 0 spiro atoms. The summed E-state index contributed by atoms with van der Waals surface area (Å²) in [5.41, 5.74) is 1.44. The van der Waals surface area contributed by atoms with Crippen molar-refractivity contribution in [1.29, 1.82) is 0 Å². The van der Waals surface area contributed by atoms with Gasteiger partial charge in [-0.05, 0) is 36.4 Å². The van der Waals surface area contributed by atoms with Crippen molar-refractivity contribution in [2.45, 2.75) is 6.42 Å². The van der Waals surface area contributed by atoms with Gasteiger partial charge in [0, 0.05) is 37.2 Å². The first-order valence-corrected chi connectivity index (χ1v) is 8.73. The molecule has 0 saturated carbocycles. The van der Waals surface area contributed by atoms with E-state index >= 15 is 0 Å². The van der Waals surface area contributed by atoms with Crippen molar-refractivity contribution in [2.75, 3.05) is 35.8 Å². The molecule has 25 heavy (non-hydrogen) atoms. The Kier molecular flexibility index (Phi) is 5.03. The predicted molar refractivity (Wildman–Crippen MR) is 102 cm³/mol. The lowest BCUT2D eigenvalue weighted by Gasteiger charge is -2.17. The van der Waals surface area contributed by atoms with Crippen molar-refractivity contribution in [1.82, 2.24) is 4.98 Å². The summed E-state index contributed by atoms with van der Waals surface area (Å²) >= 11 is 3.38. The van der Waals surface area contributed by atoms with E-state index in [1.54, 1.807) is 11.1 Å². The van der Waals surface area contributed by atoms with Gasteiger partial charge in [-0.1, -0.05) is 15.9 Å². The number of nitrogens with one attached hydrogen (secondary N) is 1. The highest BCUT2D eigenvalue weighted by molar-refractivity contribution is 9.10. The van der Waals surface area contributed by atoms with E-state index < -0.39 is 0 Å². The highest BCUT2D eigenvalue weighted by Crippen LogP contribution is 2.27. The average Bonchev–Trinajstić information content (AvgIpc) is 2.98. The summed E-state index contributed by atoms with van der Waals surface area (Å²) in [6, 6.07) is 11.1. The molecule has 2 amide bonds. The smallest absolute Gasteiger partial charge is 0.229 e. The predicted octanol–water partition coefficient (Wildman–Crippen LogP) is 2.90. The molecule has 1 aromatic carbocycles. The highest BCUT2D eigenvalue weighted by Gasteiger charge is 2.35. The number of halogens is 1. The van der Waals surface area contributed by atoms with Gasteiger partial charge >= 0.3 is 0 Å². The van der Waals surface area contributed by atoms with Crippen LogP contribution in [0.25, 0.3) is 0 Å². The van der Waals surface area contributed by atoms with E-state index in [2.05, 4.69) is 26.2 Å². The molecule has 0 radical (unpaired) electrons. The zero-order valence-corrected chi connectivity index (χ0v) is 15.7. The number of anilines is 3. The molecule has 1 saturated heterocycles. The van der Waals surface area contributed by atoms with Gasteiger partial charge in [0.2, 0.25) is 11.8 Å². The Hall–Kier alpha value is -2.41. The summed E-state index contributed by atoms with van der Waals surface area (Å²) < 4.78 is 0.950. The van der Waals surface area contributed by atoms with Gasteiger partial charge in [0.1, 0.15) is 5.82 Å². The van der Waals surface area contributed by atoms with Crippen molar-refractivity contribution >= 4 is 44.9 Å². The fraction of sp³-hybridized carbons (Fsp3) is 0.278. The van der Waals surface area contributed by atoms with E-state index in [9.17, 15) is 9.59 Å². The lowest BCUT2D eigenvalue weighted by Crippen LogP contribution is -2.28. The normalized spacial score (nSPS) is 16.8. The van der Waals surface area contributed by atoms with Crippen molar-refractivity contribution in [3.63, 3.8) is 0 Å². The Balaban J connectivity index is 1.65. The van der Waals surface area contributed by atoms with Gasteiger partial charge < -0.3 is 15.1 Å². The molecular weight excluding hydrogens is 384 g/mol. The molecule has 2 aromatic rings. The maximum absolute atomic E-state index is 12.5. The average molecular weight is 403 g/mol. The molecule has 1 fully saturated rings. The van der Waals surface area contributed by atoms with E-state index in [1.165, 1.54) is 0 Å². The molecule has 1 unspecified atom stereocenters. The minimum atomic E-state index is -0.371. The summed E-state index contributed by atoms with van der Waals surface area (Å²) in [5, 5.41) is 2.85. The molecule has 130 valence electrons. The first kappa shape index (κ1) is 17.4. The zero-order valence-electron chi connectivity index (χ0n) is 14.1. The number of hydrogen-bond donors (Lipinski definition) is 1. The minimum absolute atomic E-state index is 0.0384. The first-order valence-electron chi connectivity index (χ1n) is 7.94. The van der Waals surface area contributed by atoms with Crippen LogP contribution < -0.4 is 15.1 Å². The van der Waals surface area contributed by atoms with Crippen LogP contribution in [0.15, 0.2) is 47.1 Å². The summed E-state index contributed by atoms with van der Waals surface area (Å²) in [5.74, 6) is 0.246. The standard InChI is InChI=1S/C18H19BrN4O2/c1-22(2)16-8-5-14(10-20-16)21-18(25)12-9-17(24)23(11-12)15-6-3-13(19)4-7-15/h3-8,10,12H,9,11H2,1-2H3,(H,21,25). The second kappa shape index (κ2) is 7.23. The van der Waals surface area contributed by atoms with Crippen LogP contribution in [0.1, 0.15) is 6.42 Å². The molecule has 0 bridgehead atoms. The maximum Gasteiger partial charge on any atom is 0.229 e. The molecular formula is C18H19BrN4O2. The van der Waals surface area contributed by atoms with E-state index in [0.29, 0.717) is 12.2 Å².